The second kappa shape index (κ2) is 4.37. The lowest BCUT2D eigenvalue weighted by molar-refractivity contribution is 0.0701. The van der Waals surface area contributed by atoms with Crippen molar-refractivity contribution in [3.05, 3.63) is 15.6 Å². The van der Waals surface area contributed by atoms with Crippen molar-refractivity contribution in [1.29, 1.82) is 0 Å². The number of rotatable bonds is 4. The lowest BCUT2D eigenvalue weighted by Crippen LogP contribution is -1.97. The molecule has 0 radical (unpaired) electrons. The van der Waals surface area contributed by atoms with Gasteiger partial charge in [-0.25, -0.2) is 9.78 Å². The van der Waals surface area contributed by atoms with Gasteiger partial charge in [0.25, 0.3) is 0 Å². The molecule has 0 aliphatic carbocycles. The van der Waals surface area contributed by atoms with Crippen LogP contribution in [0, 0.1) is 0 Å². The predicted molar refractivity (Wildman–Crippen MR) is 52.4 cm³/mol. The highest BCUT2D eigenvalue weighted by Crippen LogP contribution is 2.20. The number of carboxylic acid groups (broad SMARTS) is 1. The molecule has 72 valence electrons. The Morgan fingerprint density at radius 2 is 2.23 bits per heavy atom. The number of hydrogen-bond acceptors (Lipinski definition) is 3. The molecule has 0 atom stereocenters. The van der Waals surface area contributed by atoms with Crippen molar-refractivity contribution in [3.63, 3.8) is 0 Å². The van der Waals surface area contributed by atoms with Crippen molar-refractivity contribution >= 4 is 17.3 Å². The normalized spacial score (nSPS) is 10.3. The highest BCUT2D eigenvalue weighted by atomic mass is 32.1. The van der Waals surface area contributed by atoms with Crippen molar-refractivity contribution in [2.45, 2.75) is 33.1 Å². The van der Waals surface area contributed by atoms with Gasteiger partial charge in [-0.2, -0.15) is 0 Å². The molecule has 0 bridgehead atoms. The minimum atomic E-state index is -0.850. The number of hydrogen-bond donors (Lipinski definition) is 1. The van der Waals surface area contributed by atoms with Crippen LogP contribution in [-0.2, 0) is 12.8 Å². The van der Waals surface area contributed by atoms with E-state index in [-0.39, 0.29) is 0 Å². The van der Waals surface area contributed by atoms with Gasteiger partial charge in [0.05, 0.1) is 10.7 Å². The average Bonchev–Trinajstić information content (AvgIpc) is 2.48. The molecule has 0 aliphatic rings. The van der Waals surface area contributed by atoms with Crippen molar-refractivity contribution in [1.82, 2.24) is 4.98 Å². The molecular weight excluding hydrogens is 186 g/mol. The SMILES string of the molecule is CCCc1nc(CC)c(C(=O)O)s1. The molecule has 0 fully saturated rings. The van der Waals surface area contributed by atoms with E-state index in [4.69, 9.17) is 5.11 Å². The monoisotopic (exact) mass is 199 g/mol. The van der Waals surface area contributed by atoms with Crippen LogP contribution in [0.5, 0.6) is 0 Å². The second-order valence-corrected chi connectivity index (χ2v) is 3.88. The smallest absolute Gasteiger partial charge is 0.347 e. The molecule has 1 aromatic heterocycles. The summed E-state index contributed by atoms with van der Waals surface area (Å²) in [5.41, 5.74) is 0.723. The number of aromatic carboxylic acids is 1. The van der Waals surface area contributed by atoms with E-state index in [1.165, 1.54) is 11.3 Å². The molecular formula is C9H13NO2S. The molecule has 0 saturated heterocycles. The first kappa shape index (κ1) is 10.2. The van der Waals surface area contributed by atoms with Crippen molar-refractivity contribution in [2.75, 3.05) is 0 Å². The minimum Gasteiger partial charge on any atom is -0.477 e. The maximum absolute atomic E-state index is 10.8. The van der Waals surface area contributed by atoms with E-state index in [9.17, 15) is 4.79 Å². The number of aryl methyl sites for hydroxylation is 2. The Bertz CT molecular complexity index is 307. The van der Waals surface area contributed by atoms with Gasteiger partial charge in [-0.15, -0.1) is 11.3 Å². The fraction of sp³-hybridized carbons (Fsp3) is 0.556. The van der Waals surface area contributed by atoms with Crippen LogP contribution in [0.1, 0.15) is 40.6 Å². The summed E-state index contributed by atoms with van der Waals surface area (Å²) in [6.07, 6.45) is 2.59. The standard InChI is InChI=1S/C9H13NO2S/c1-3-5-7-10-6(4-2)8(13-7)9(11)12/h3-5H2,1-2H3,(H,11,12). The number of aromatic nitrogens is 1. The number of carbonyl (C=O) groups is 1. The summed E-state index contributed by atoms with van der Waals surface area (Å²) in [7, 11) is 0. The van der Waals surface area contributed by atoms with E-state index in [1.807, 2.05) is 6.92 Å². The van der Waals surface area contributed by atoms with Crippen LogP contribution in [0.4, 0.5) is 0 Å². The molecule has 0 saturated carbocycles. The number of carboxylic acids is 1. The summed E-state index contributed by atoms with van der Waals surface area (Å²) in [5, 5.41) is 9.79. The Hall–Kier alpha value is -0.900. The van der Waals surface area contributed by atoms with E-state index >= 15 is 0 Å². The van der Waals surface area contributed by atoms with Gasteiger partial charge in [-0.05, 0) is 19.3 Å². The van der Waals surface area contributed by atoms with Gasteiger partial charge in [-0.3, -0.25) is 0 Å². The van der Waals surface area contributed by atoms with Crippen molar-refractivity contribution < 1.29 is 9.90 Å². The van der Waals surface area contributed by atoms with Gasteiger partial charge >= 0.3 is 5.97 Å². The van der Waals surface area contributed by atoms with Crippen LogP contribution >= 0.6 is 11.3 Å². The predicted octanol–water partition coefficient (Wildman–Crippen LogP) is 2.36. The van der Waals surface area contributed by atoms with Crippen LogP contribution in [0.15, 0.2) is 0 Å². The Morgan fingerprint density at radius 3 is 2.62 bits per heavy atom. The van der Waals surface area contributed by atoms with E-state index in [0.717, 1.165) is 23.5 Å². The average molecular weight is 199 g/mol. The zero-order valence-corrected chi connectivity index (χ0v) is 8.65. The molecule has 3 nitrogen and oxygen atoms in total. The van der Waals surface area contributed by atoms with Crippen LogP contribution in [-0.4, -0.2) is 16.1 Å². The molecule has 13 heavy (non-hydrogen) atoms. The van der Waals surface area contributed by atoms with E-state index in [1.54, 1.807) is 0 Å². The fourth-order valence-corrected chi connectivity index (χ4v) is 2.22. The zero-order chi connectivity index (χ0) is 9.84. The summed E-state index contributed by atoms with van der Waals surface area (Å²) < 4.78 is 0. The molecule has 0 spiro atoms. The molecule has 0 aromatic carbocycles. The molecule has 4 heteroatoms. The Morgan fingerprint density at radius 1 is 1.54 bits per heavy atom. The highest BCUT2D eigenvalue weighted by Gasteiger charge is 2.14. The van der Waals surface area contributed by atoms with Gasteiger partial charge in [0, 0.05) is 0 Å². The molecule has 1 heterocycles. The van der Waals surface area contributed by atoms with Crippen molar-refractivity contribution in [3.8, 4) is 0 Å². The lowest BCUT2D eigenvalue weighted by Gasteiger charge is -1.89. The molecule has 0 unspecified atom stereocenters. The first-order valence-electron chi connectivity index (χ1n) is 4.40. The second-order valence-electron chi connectivity index (χ2n) is 2.79. The third kappa shape index (κ3) is 2.28. The Kier molecular flexibility index (Phi) is 3.42. The largest absolute Gasteiger partial charge is 0.477 e. The first-order chi connectivity index (χ1) is 6.19. The quantitative estimate of drug-likeness (QED) is 0.809. The van der Waals surface area contributed by atoms with E-state index < -0.39 is 5.97 Å². The maximum atomic E-state index is 10.8. The number of nitrogens with zero attached hydrogens (tertiary/aromatic N) is 1. The Labute approximate surface area is 81.4 Å². The summed E-state index contributed by atoms with van der Waals surface area (Å²) in [6, 6.07) is 0. The van der Waals surface area contributed by atoms with Gasteiger partial charge < -0.3 is 5.11 Å². The highest BCUT2D eigenvalue weighted by molar-refractivity contribution is 7.13. The molecule has 1 N–H and O–H groups in total. The van der Waals surface area contributed by atoms with Gasteiger partial charge in [0.1, 0.15) is 4.88 Å². The molecule has 0 amide bonds. The molecule has 1 aromatic rings. The van der Waals surface area contributed by atoms with Crippen LogP contribution in [0.25, 0.3) is 0 Å². The third-order valence-corrected chi connectivity index (χ3v) is 2.88. The van der Waals surface area contributed by atoms with Crippen LogP contribution in [0.2, 0.25) is 0 Å². The summed E-state index contributed by atoms with van der Waals surface area (Å²) in [5.74, 6) is -0.850. The number of thiazole rings is 1. The van der Waals surface area contributed by atoms with Crippen LogP contribution in [0.3, 0.4) is 0 Å². The maximum Gasteiger partial charge on any atom is 0.347 e. The van der Waals surface area contributed by atoms with E-state index in [2.05, 4.69) is 11.9 Å². The summed E-state index contributed by atoms with van der Waals surface area (Å²) >= 11 is 1.31. The van der Waals surface area contributed by atoms with Gasteiger partial charge in [0.2, 0.25) is 0 Å². The van der Waals surface area contributed by atoms with E-state index in [0.29, 0.717) is 11.3 Å². The van der Waals surface area contributed by atoms with Gasteiger partial charge in [-0.1, -0.05) is 13.8 Å². The minimum absolute atomic E-state index is 0.408. The zero-order valence-electron chi connectivity index (χ0n) is 7.83. The first-order valence-corrected chi connectivity index (χ1v) is 5.22. The molecule has 0 aliphatic heterocycles. The Balaban J connectivity index is 2.97. The summed E-state index contributed by atoms with van der Waals surface area (Å²) in [6.45, 7) is 3.99. The fourth-order valence-electron chi connectivity index (χ4n) is 1.13. The summed E-state index contributed by atoms with van der Waals surface area (Å²) in [4.78, 5) is 15.5. The van der Waals surface area contributed by atoms with Crippen molar-refractivity contribution in [2.24, 2.45) is 0 Å². The third-order valence-electron chi connectivity index (χ3n) is 1.73. The molecule has 1 rings (SSSR count). The van der Waals surface area contributed by atoms with Crippen LogP contribution < -0.4 is 0 Å². The topological polar surface area (TPSA) is 50.2 Å². The van der Waals surface area contributed by atoms with Gasteiger partial charge in [0.15, 0.2) is 0 Å². The lowest BCUT2D eigenvalue weighted by atomic mass is 10.3.